The van der Waals surface area contributed by atoms with Gasteiger partial charge in [0.25, 0.3) is 5.91 Å². The van der Waals surface area contributed by atoms with Crippen LogP contribution in [0.5, 0.6) is 0 Å². The first-order valence-electron chi connectivity index (χ1n) is 7.19. The summed E-state index contributed by atoms with van der Waals surface area (Å²) in [5, 5.41) is 0.472. The molecule has 0 N–H and O–H groups in total. The minimum atomic E-state index is -0.331. The smallest absolute Gasteiger partial charge is 0.264 e. The molecule has 0 saturated carbocycles. The van der Waals surface area contributed by atoms with Crippen LogP contribution in [-0.2, 0) is 17.9 Å². The maximum Gasteiger partial charge on any atom is 0.264 e. The van der Waals surface area contributed by atoms with Crippen LogP contribution in [0.1, 0.15) is 20.1 Å². The van der Waals surface area contributed by atoms with E-state index in [-0.39, 0.29) is 18.3 Å². The van der Waals surface area contributed by atoms with Gasteiger partial charge in [-0.25, -0.2) is 4.39 Å². The largest absolute Gasteiger partial charge is 0.380 e. The first-order chi connectivity index (χ1) is 11.5. The highest BCUT2D eigenvalue weighted by Gasteiger charge is 2.23. The van der Waals surface area contributed by atoms with E-state index in [2.05, 4.69) is 0 Å². The predicted molar refractivity (Wildman–Crippen MR) is 97.6 cm³/mol. The highest BCUT2D eigenvalue weighted by molar-refractivity contribution is 7.21. The van der Waals surface area contributed by atoms with Crippen molar-refractivity contribution in [2.24, 2.45) is 0 Å². The number of methoxy groups -OCH3 is 1. The van der Waals surface area contributed by atoms with Crippen LogP contribution >= 0.6 is 34.3 Å². The van der Waals surface area contributed by atoms with Gasteiger partial charge in [0, 0.05) is 34.7 Å². The Labute approximate surface area is 152 Å². The third kappa shape index (κ3) is 3.32. The number of benzene rings is 1. The molecular weight excluding hydrogens is 369 g/mol. The Kier molecular flexibility index (Phi) is 5.20. The fourth-order valence-electron chi connectivity index (χ4n) is 2.54. The van der Waals surface area contributed by atoms with E-state index in [9.17, 15) is 9.18 Å². The molecule has 2 heterocycles. The average Bonchev–Trinajstić information content (AvgIpc) is 3.12. The molecule has 1 amide bonds. The topological polar surface area (TPSA) is 29.5 Å². The lowest BCUT2D eigenvalue weighted by molar-refractivity contribution is 0.0787. The van der Waals surface area contributed by atoms with Crippen molar-refractivity contribution in [3.05, 3.63) is 55.8 Å². The van der Waals surface area contributed by atoms with E-state index in [4.69, 9.17) is 16.3 Å². The van der Waals surface area contributed by atoms with Crippen LogP contribution < -0.4 is 0 Å². The Morgan fingerprint density at radius 3 is 2.75 bits per heavy atom. The number of thiophene rings is 2. The van der Waals surface area contributed by atoms with Gasteiger partial charge in [-0.05, 0) is 24.3 Å². The third-order valence-corrected chi connectivity index (χ3v) is 6.02. The maximum absolute atomic E-state index is 14.2. The molecule has 2 aromatic heterocycles. The zero-order valence-electron chi connectivity index (χ0n) is 13.1. The maximum atomic E-state index is 14.2. The van der Waals surface area contributed by atoms with E-state index < -0.39 is 0 Å². The molecule has 0 saturated heterocycles. The Bertz CT molecular complexity index is 890. The summed E-state index contributed by atoms with van der Waals surface area (Å²) in [5.41, 5.74) is 0.608. The summed E-state index contributed by atoms with van der Waals surface area (Å²) in [6, 6.07) is 8.58. The molecular formula is C17H15ClFNO2S2. The second-order valence-electron chi connectivity index (χ2n) is 5.32. The SMILES string of the molecule is COCc1c(C(=O)N(C)Cc2ccc(Cl)s2)sc2cccc(F)c12. The number of hydrogen-bond donors (Lipinski definition) is 0. The molecule has 126 valence electrons. The van der Waals surface area contributed by atoms with Crippen LogP contribution in [0, 0.1) is 5.82 Å². The molecule has 7 heteroatoms. The number of rotatable bonds is 5. The highest BCUT2D eigenvalue weighted by atomic mass is 35.5. The van der Waals surface area contributed by atoms with Gasteiger partial charge in [0.1, 0.15) is 5.82 Å². The van der Waals surface area contributed by atoms with Gasteiger partial charge in [-0.2, -0.15) is 0 Å². The lowest BCUT2D eigenvalue weighted by Gasteiger charge is -2.16. The number of carbonyl (C=O) groups excluding carboxylic acids is 1. The standard InChI is InChI=1S/C17H15ClFNO2S2/c1-20(8-10-6-7-14(18)23-10)17(21)16-11(9-22-2)15-12(19)4-3-5-13(15)24-16/h3-7H,8-9H2,1-2H3. The number of amides is 1. The molecule has 3 rings (SSSR count). The summed E-state index contributed by atoms with van der Waals surface area (Å²) in [5.74, 6) is -0.477. The number of ether oxygens (including phenoxy) is 1. The number of nitrogens with zero attached hydrogens (tertiary/aromatic N) is 1. The number of hydrogen-bond acceptors (Lipinski definition) is 4. The van der Waals surface area contributed by atoms with Crippen LogP contribution in [0.15, 0.2) is 30.3 Å². The van der Waals surface area contributed by atoms with Gasteiger partial charge >= 0.3 is 0 Å². The lowest BCUT2D eigenvalue weighted by atomic mass is 10.1. The van der Waals surface area contributed by atoms with E-state index in [0.29, 0.717) is 26.7 Å². The van der Waals surface area contributed by atoms with Crippen molar-refractivity contribution in [2.75, 3.05) is 14.2 Å². The quantitative estimate of drug-likeness (QED) is 0.608. The van der Waals surface area contributed by atoms with Gasteiger partial charge in [0.05, 0.1) is 22.4 Å². The predicted octanol–water partition coefficient (Wildman–Crippen LogP) is 5.17. The van der Waals surface area contributed by atoms with Crippen molar-refractivity contribution in [3.8, 4) is 0 Å². The number of fused-ring (bicyclic) bond motifs is 1. The summed E-state index contributed by atoms with van der Waals surface area (Å²) in [6.45, 7) is 0.653. The molecule has 0 unspecified atom stereocenters. The second kappa shape index (κ2) is 7.19. The Balaban J connectivity index is 1.96. The van der Waals surface area contributed by atoms with Crippen LogP contribution in [0.25, 0.3) is 10.1 Å². The molecule has 0 fully saturated rings. The molecule has 1 aromatic carbocycles. The van der Waals surface area contributed by atoms with Crippen LogP contribution in [-0.4, -0.2) is 25.0 Å². The van der Waals surface area contributed by atoms with Crippen molar-refractivity contribution >= 4 is 50.3 Å². The third-order valence-electron chi connectivity index (χ3n) is 3.61. The van der Waals surface area contributed by atoms with Gasteiger partial charge < -0.3 is 9.64 Å². The summed E-state index contributed by atoms with van der Waals surface area (Å²) in [4.78, 5) is 16.0. The van der Waals surface area contributed by atoms with Crippen molar-refractivity contribution in [3.63, 3.8) is 0 Å². The summed E-state index contributed by atoms with van der Waals surface area (Å²) < 4.78 is 20.8. The van der Waals surface area contributed by atoms with Crippen molar-refractivity contribution < 1.29 is 13.9 Å². The van der Waals surface area contributed by atoms with E-state index in [1.165, 1.54) is 35.8 Å². The first kappa shape index (κ1) is 17.4. The normalized spacial score (nSPS) is 11.2. The summed E-state index contributed by atoms with van der Waals surface area (Å²) in [6.07, 6.45) is 0. The van der Waals surface area contributed by atoms with E-state index in [1.807, 2.05) is 18.2 Å². The molecule has 0 spiro atoms. The lowest BCUT2D eigenvalue weighted by Crippen LogP contribution is -2.25. The Morgan fingerprint density at radius 1 is 1.29 bits per heavy atom. The van der Waals surface area contributed by atoms with Gasteiger partial charge in [0.15, 0.2) is 0 Å². The summed E-state index contributed by atoms with van der Waals surface area (Å²) >= 11 is 8.67. The van der Waals surface area contributed by atoms with Crippen LogP contribution in [0.2, 0.25) is 4.34 Å². The molecule has 0 aliphatic heterocycles. The van der Waals surface area contributed by atoms with Crippen molar-refractivity contribution in [1.29, 1.82) is 0 Å². The molecule has 0 atom stereocenters. The van der Waals surface area contributed by atoms with Crippen molar-refractivity contribution in [1.82, 2.24) is 4.90 Å². The molecule has 3 aromatic rings. The molecule has 0 aliphatic carbocycles. The van der Waals surface area contributed by atoms with Gasteiger partial charge in [-0.15, -0.1) is 22.7 Å². The van der Waals surface area contributed by atoms with Crippen LogP contribution in [0.3, 0.4) is 0 Å². The number of halogens is 2. The van der Waals surface area contributed by atoms with Gasteiger partial charge in [-0.3, -0.25) is 4.79 Å². The molecule has 0 radical (unpaired) electrons. The Morgan fingerprint density at radius 2 is 2.08 bits per heavy atom. The van der Waals surface area contributed by atoms with E-state index in [0.717, 1.165) is 9.58 Å². The summed E-state index contributed by atoms with van der Waals surface area (Å²) in [7, 11) is 3.27. The Hall–Kier alpha value is -1.47. The molecule has 3 nitrogen and oxygen atoms in total. The zero-order chi connectivity index (χ0) is 17.3. The van der Waals surface area contributed by atoms with Gasteiger partial charge in [-0.1, -0.05) is 17.7 Å². The molecule has 24 heavy (non-hydrogen) atoms. The number of carbonyl (C=O) groups is 1. The highest BCUT2D eigenvalue weighted by Crippen LogP contribution is 2.35. The zero-order valence-corrected chi connectivity index (χ0v) is 15.5. The minimum Gasteiger partial charge on any atom is -0.380 e. The van der Waals surface area contributed by atoms with Crippen molar-refractivity contribution in [2.45, 2.75) is 13.2 Å². The fraction of sp³-hybridized carbons (Fsp3) is 0.235. The molecule has 0 aliphatic rings. The minimum absolute atomic E-state index is 0.146. The monoisotopic (exact) mass is 383 g/mol. The van der Waals surface area contributed by atoms with Gasteiger partial charge in [0.2, 0.25) is 0 Å². The average molecular weight is 384 g/mol. The molecule has 0 bridgehead atoms. The first-order valence-corrected chi connectivity index (χ1v) is 9.21. The van der Waals surface area contributed by atoms with Crippen LogP contribution in [0.4, 0.5) is 4.39 Å². The fourth-order valence-corrected chi connectivity index (χ4v) is 4.90. The van der Waals surface area contributed by atoms with E-state index >= 15 is 0 Å². The second-order valence-corrected chi connectivity index (χ2v) is 8.17. The van der Waals surface area contributed by atoms with E-state index in [1.54, 1.807) is 18.0 Å².